The predicted octanol–water partition coefficient (Wildman–Crippen LogP) is 2.69. The minimum absolute atomic E-state index is 0.0139. The molecule has 3 rings (SSSR count). The molecular formula is C20H26N2O2. The molecule has 0 unspecified atom stereocenters. The first-order valence-electron chi connectivity index (χ1n) is 9.01. The first-order chi connectivity index (χ1) is 11.7. The second kappa shape index (κ2) is 8.13. The predicted molar refractivity (Wildman–Crippen MR) is 94.4 cm³/mol. The molecule has 0 saturated carbocycles. The summed E-state index contributed by atoms with van der Waals surface area (Å²) < 4.78 is 0. The van der Waals surface area contributed by atoms with Crippen molar-refractivity contribution in [3.8, 4) is 0 Å². The van der Waals surface area contributed by atoms with Crippen molar-refractivity contribution in [2.45, 2.75) is 44.6 Å². The zero-order valence-electron chi connectivity index (χ0n) is 14.1. The molecule has 2 amide bonds. The van der Waals surface area contributed by atoms with Crippen molar-refractivity contribution in [2.75, 3.05) is 13.1 Å². The summed E-state index contributed by atoms with van der Waals surface area (Å²) in [5.74, 6) is 0.371. The lowest BCUT2D eigenvalue weighted by Gasteiger charge is -2.24. The van der Waals surface area contributed by atoms with Crippen molar-refractivity contribution in [1.82, 2.24) is 10.2 Å². The summed E-state index contributed by atoms with van der Waals surface area (Å²) in [4.78, 5) is 27.1. The molecule has 0 aromatic heterocycles. The average molecular weight is 326 g/mol. The van der Waals surface area contributed by atoms with Gasteiger partial charge >= 0.3 is 0 Å². The Balaban J connectivity index is 1.64. The Hall–Kier alpha value is -2.10. The van der Waals surface area contributed by atoms with Crippen molar-refractivity contribution in [3.05, 3.63) is 48.0 Å². The maximum atomic E-state index is 12.8. The number of rotatable bonds is 6. The Morgan fingerprint density at radius 3 is 2.58 bits per heavy atom. The highest BCUT2D eigenvalue weighted by molar-refractivity contribution is 5.88. The number of nitrogens with zero attached hydrogens (tertiary/aromatic N) is 1. The molecule has 1 N–H and O–H groups in total. The van der Waals surface area contributed by atoms with Crippen molar-refractivity contribution in [1.29, 1.82) is 0 Å². The monoisotopic (exact) mass is 326 g/mol. The van der Waals surface area contributed by atoms with Crippen LogP contribution in [0.4, 0.5) is 0 Å². The number of carbonyl (C=O) groups excluding carboxylic acids is 2. The van der Waals surface area contributed by atoms with E-state index in [0.717, 1.165) is 44.3 Å². The fourth-order valence-corrected chi connectivity index (χ4v) is 3.56. The number of likely N-dealkylation sites (tertiary alicyclic amines) is 1. The van der Waals surface area contributed by atoms with Gasteiger partial charge in [-0.1, -0.05) is 42.5 Å². The van der Waals surface area contributed by atoms with Crippen molar-refractivity contribution < 1.29 is 9.59 Å². The lowest BCUT2D eigenvalue weighted by atomic mass is 10.0. The molecule has 1 aromatic rings. The second-order valence-corrected chi connectivity index (χ2v) is 6.81. The quantitative estimate of drug-likeness (QED) is 0.817. The van der Waals surface area contributed by atoms with Gasteiger partial charge in [-0.15, -0.1) is 0 Å². The Labute approximate surface area is 143 Å². The molecule has 1 aliphatic carbocycles. The molecule has 1 aromatic carbocycles. The van der Waals surface area contributed by atoms with Crippen LogP contribution in [0.1, 0.15) is 37.7 Å². The van der Waals surface area contributed by atoms with E-state index in [1.807, 2.05) is 35.2 Å². The molecule has 0 spiro atoms. The third kappa shape index (κ3) is 4.47. The molecule has 128 valence electrons. The van der Waals surface area contributed by atoms with Crippen molar-refractivity contribution >= 4 is 11.8 Å². The van der Waals surface area contributed by atoms with Crippen LogP contribution in [0.3, 0.4) is 0 Å². The third-order valence-corrected chi connectivity index (χ3v) is 4.89. The summed E-state index contributed by atoms with van der Waals surface area (Å²) in [6.45, 7) is 1.62. The SMILES string of the molecule is O=C(C[C@@H]1C=CCC1)N[C@H](Cc1ccccc1)C(=O)N1CCCC1. The molecule has 1 heterocycles. The average Bonchev–Trinajstić information content (AvgIpc) is 3.28. The topological polar surface area (TPSA) is 49.4 Å². The van der Waals surface area contributed by atoms with Gasteiger partial charge < -0.3 is 10.2 Å². The van der Waals surface area contributed by atoms with Crippen LogP contribution in [0.5, 0.6) is 0 Å². The maximum absolute atomic E-state index is 12.8. The number of hydrogen-bond donors (Lipinski definition) is 1. The zero-order chi connectivity index (χ0) is 16.8. The molecule has 2 aliphatic rings. The molecule has 0 radical (unpaired) electrons. The van der Waals surface area contributed by atoms with E-state index < -0.39 is 6.04 Å². The Morgan fingerprint density at radius 2 is 1.92 bits per heavy atom. The second-order valence-electron chi connectivity index (χ2n) is 6.81. The van der Waals surface area contributed by atoms with Gasteiger partial charge in [-0.25, -0.2) is 0 Å². The number of amides is 2. The molecule has 2 atom stereocenters. The van der Waals surface area contributed by atoms with E-state index >= 15 is 0 Å². The van der Waals surface area contributed by atoms with E-state index in [2.05, 4.69) is 17.5 Å². The maximum Gasteiger partial charge on any atom is 0.245 e. The Kier molecular flexibility index (Phi) is 5.68. The van der Waals surface area contributed by atoms with Gasteiger partial charge in [0.1, 0.15) is 6.04 Å². The van der Waals surface area contributed by atoms with Crippen molar-refractivity contribution in [2.24, 2.45) is 5.92 Å². The van der Waals surface area contributed by atoms with Gasteiger partial charge in [0.2, 0.25) is 11.8 Å². The van der Waals surface area contributed by atoms with Crippen LogP contribution in [0.25, 0.3) is 0 Å². The molecule has 1 saturated heterocycles. The van der Waals surface area contributed by atoms with Gasteiger partial charge in [-0.3, -0.25) is 9.59 Å². The van der Waals surface area contributed by atoms with Crippen LogP contribution in [0.15, 0.2) is 42.5 Å². The fourth-order valence-electron chi connectivity index (χ4n) is 3.56. The highest BCUT2D eigenvalue weighted by Crippen LogP contribution is 2.20. The van der Waals surface area contributed by atoms with Crippen LogP contribution in [-0.2, 0) is 16.0 Å². The minimum Gasteiger partial charge on any atom is -0.344 e. The minimum atomic E-state index is -0.455. The zero-order valence-corrected chi connectivity index (χ0v) is 14.1. The molecule has 1 aliphatic heterocycles. The number of hydrogen-bond acceptors (Lipinski definition) is 2. The van der Waals surface area contributed by atoms with E-state index in [0.29, 0.717) is 18.8 Å². The summed E-state index contributed by atoms with van der Waals surface area (Å²) in [6.07, 6.45) is 9.50. The standard InChI is InChI=1S/C20H26N2O2/c23-19(15-17-10-4-5-11-17)21-18(14-16-8-2-1-3-9-16)20(24)22-12-6-7-13-22/h1-4,8-10,17-18H,5-7,11-15H2,(H,21,23)/t17-,18-/m1/s1. The number of nitrogens with one attached hydrogen (secondary N) is 1. The van der Waals surface area contributed by atoms with E-state index in [4.69, 9.17) is 0 Å². The first-order valence-corrected chi connectivity index (χ1v) is 9.01. The van der Waals surface area contributed by atoms with Crippen LogP contribution >= 0.6 is 0 Å². The first kappa shape index (κ1) is 16.7. The van der Waals surface area contributed by atoms with E-state index in [9.17, 15) is 9.59 Å². The van der Waals surface area contributed by atoms with Gasteiger partial charge in [0, 0.05) is 25.9 Å². The van der Waals surface area contributed by atoms with Crippen LogP contribution in [0.2, 0.25) is 0 Å². The van der Waals surface area contributed by atoms with Crippen LogP contribution < -0.4 is 5.32 Å². The summed E-state index contributed by atoms with van der Waals surface area (Å²) in [5, 5.41) is 3.01. The highest BCUT2D eigenvalue weighted by atomic mass is 16.2. The molecule has 4 heteroatoms. The third-order valence-electron chi connectivity index (χ3n) is 4.89. The van der Waals surface area contributed by atoms with E-state index in [1.54, 1.807) is 0 Å². The van der Waals surface area contributed by atoms with Crippen LogP contribution in [0, 0.1) is 5.92 Å². The molecular weight excluding hydrogens is 300 g/mol. The summed E-state index contributed by atoms with van der Waals surface area (Å²) in [7, 11) is 0. The van der Waals surface area contributed by atoms with Gasteiger partial charge in [-0.2, -0.15) is 0 Å². The molecule has 24 heavy (non-hydrogen) atoms. The van der Waals surface area contributed by atoms with E-state index in [-0.39, 0.29) is 11.8 Å². The van der Waals surface area contributed by atoms with Crippen molar-refractivity contribution in [3.63, 3.8) is 0 Å². The molecule has 4 nitrogen and oxygen atoms in total. The number of benzene rings is 1. The van der Waals surface area contributed by atoms with Gasteiger partial charge in [0.05, 0.1) is 0 Å². The van der Waals surface area contributed by atoms with Gasteiger partial charge in [0.15, 0.2) is 0 Å². The van der Waals surface area contributed by atoms with E-state index in [1.165, 1.54) is 0 Å². The highest BCUT2D eigenvalue weighted by Gasteiger charge is 2.28. The molecule has 1 fully saturated rings. The normalized spacial score (nSPS) is 21.0. The lowest BCUT2D eigenvalue weighted by molar-refractivity contribution is -0.135. The fraction of sp³-hybridized carbons (Fsp3) is 0.500. The smallest absolute Gasteiger partial charge is 0.245 e. The summed E-state index contributed by atoms with van der Waals surface area (Å²) in [5.41, 5.74) is 1.08. The molecule has 0 bridgehead atoms. The Morgan fingerprint density at radius 1 is 1.17 bits per heavy atom. The lowest BCUT2D eigenvalue weighted by Crippen LogP contribution is -2.49. The van der Waals surface area contributed by atoms with Crippen LogP contribution in [-0.4, -0.2) is 35.8 Å². The summed E-state index contributed by atoms with van der Waals surface area (Å²) in [6, 6.07) is 9.47. The Bertz CT molecular complexity index is 591. The van der Waals surface area contributed by atoms with Gasteiger partial charge in [-0.05, 0) is 37.2 Å². The van der Waals surface area contributed by atoms with Gasteiger partial charge in [0.25, 0.3) is 0 Å². The number of carbonyl (C=O) groups is 2. The largest absolute Gasteiger partial charge is 0.344 e. The summed E-state index contributed by atoms with van der Waals surface area (Å²) >= 11 is 0. The number of allylic oxidation sites excluding steroid dienone is 2.